The zero-order valence-electron chi connectivity index (χ0n) is 17.6. The Labute approximate surface area is 175 Å². The van der Waals surface area contributed by atoms with Crippen LogP contribution in [0, 0.1) is 13.8 Å². The van der Waals surface area contributed by atoms with E-state index in [2.05, 4.69) is 11.9 Å². The molecule has 3 aromatic rings. The number of benzene rings is 2. The Balaban J connectivity index is 1.73. The monoisotopic (exact) mass is 406 g/mol. The van der Waals surface area contributed by atoms with Crippen LogP contribution in [-0.4, -0.2) is 35.8 Å². The molecule has 30 heavy (non-hydrogen) atoms. The number of methoxy groups -OCH3 is 1. The van der Waals surface area contributed by atoms with Crippen molar-refractivity contribution in [3.05, 3.63) is 74.8 Å². The largest absolute Gasteiger partial charge is 0.465 e. The molecule has 1 aliphatic heterocycles. The maximum Gasteiger partial charge on any atom is 0.337 e. The number of aryl methyl sites for hydroxylation is 1. The van der Waals surface area contributed by atoms with Gasteiger partial charge in [0.05, 0.1) is 29.9 Å². The van der Waals surface area contributed by atoms with Gasteiger partial charge < -0.3 is 9.47 Å². The fourth-order valence-electron chi connectivity index (χ4n) is 4.12. The summed E-state index contributed by atoms with van der Waals surface area (Å²) in [5, 5.41) is 0.660. The van der Waals surface area contributed by atoms with Crippen LogP contribution in [0.25, 0.3) is 10.9 Å². The molecule has 1 aromatic heterocycles. The van der Waals surface area contributed by atoms with E-state index in [1.807, 2.05) is 25.1 Å². The molecule has 4 rings (SSSR count). The summed E-state index contributed by atoms with van der Waals surface area (Å²) in [5.74, 6) is -0.348. The number of fused-ring (bicyclic) bond motifs is 1. The summed E-state index contributed by atoms with van der Waals surface area (Å²) < 4.78 is 12.0. The van der Waals surface area contributed by atoms with Crippen LogP contribution in [0.5, 0.6) is 0 Å². The van der Waals surface area contributed by atoms with Crippen LogP contribution in [0.4, 0.5) is 0 Å². The molecular weight excluding hydrogens is 380 g/mol. The number of hydrogen-bond donors (Lipinski definition) is 0. The molecule has 0 amide bonds. The molecule has 6 nitrogen and oxygen atoms in total. The first-order valence-corrected chi connectivity index (χ1v) is 10.2. The van der Waals surface area contributed by atoms with Crippen LogP contribution in [-0.2, 0) is 15.9 Å². The summed E-state index contributed by atoms with van der Waals surface area (Å²) in [5.41, 5.74) is 5.63. The topological polar surface area (TPSA) is 70.4 Å². The van der Waals surface area contributed by atoms with Gasteiger partial charge in [-0.15, -0.1) is 0 Å². The highest BCUT2D eigenvalue weighted by atomic mass is 16.5. The first-order chi connectivity index (χ1) is 14.5. The number of hydrogen-bond acceptors (Lipinski definition) is 5. The highest BCUT2D eigenvalue weighted by molar-refractivity contribution is 5.89. The van der Waals surface area contributed by atoms with Gasteiger partial charge in [-0.25, -0.2) is 9.78 Å². The predicted octanol–water partition coefficient (Wildman–Crippen LogP) is 3.74. The smallest absolute Gasteiger partial charge is 0.337 e. The number of rotatable bonds is 4. The van der Waals surface area contributed by atoms with E-state index in [-0.39, 0.29) is 17.6 Å². The Morgan fingerprint density at radius 2 is 1.87 bits per heavy atom. The Kier molecular flexibility index (Phi) is 5.68. The quantitative estimate of drug-likeness (QED) is 0.617. The molecule has 2 aromatic carbocycles. The van der Waals surface area contributed by atoms with Gasteiger partial charge in [0, 0.05) is 19.3 Å². The van der Waals surface area contributed by atoms with E-state index in [0.29, 0.717) is 30.6 Å². The molecule has 2 heterocycles. The standard InChI is InChI=1S/C24H26N2O4/c1-15-16(2)22-21(23(27)26(14-25-22)20-8-10-30-11-9-20)13-19(15)12-17-4-6-18(7-5-17)24(28)29-3/h4-7,13-14,20H,8-12H2,1-3H3. The van der Waals surface area contributed by atoms with Gasteiger partial charge in [-0.05, 0) is 73.6 Å². The van der Waals surface area contributed by atoms with Crippen molar-refractivity contribution in [1.29, 1.82) is 0 Å². The summed E-state index contributed by atoms with van der Waals surface area (Å²) >= 11 is 0. The molecule has 0 N–H and O–H groups in total. The van der Waals surface area contributed by atoms with E-state index in [1.54, 1.807) is 23.0 Å². The lowest BCUT2D eigenvalue weighted by Crippen LogP contribution is -2.29. The maximum absolute atomic E-state index is 13.3. The lowest BCUT2D eigenvalue weighted by atomic mass is 9.94. The molecule has 0 spiro atoms. The second kappa shape index (κ2) is 8.40. The summed E-state index contributed by atoms with van der Waals surface area (Å²) in [4.78, 5) is 29.6. The van der Waals surface area contributed by atoms with Crippen molar-refractivity contribution in [2.45, 2.75) is 39.2 Å². The number of ether oxygens (including phenoxy) is 2. The van der Waals surface area contributed by atoms with E-state index < -0.39 is 0 Å². The third-order valence-electron chi connectivity index (χ3n) is 6.10. The van der Waals surface area contributed by atoms with Gasteiger partial charge in [0.2, 0.25) is 0 Å². The van der Waals surface area contributed by atoms with Crippen LogP contribution in [0.2, 0.25) is 0 Å². The molecule has 1 fully saturated rings. The molecule has 0 atom stereocenters. The first-order valence-electron chi connectivity index (χ1n) is 10.2. The molecule has 0 bridgehead atoms. The second-order valence-electron chi connectivity index (χ2n) is 7.85. The summed E-state index contributed by atoms with van der Waals surface area (Å²) in [6.45, 7) is 5.44. The van der Waals surface area contributed by atoms with E-state index in [0.717, 1.165) is 40.6 Å². The number of aromatic nitrogens is 2. The molecular formula is C24H26N2O4. The van der Waals surface area contributed by atoms with Crippen LogP contribution in [0.3, 0.4) is 0 Å². The van der Waals surface area contributed by atoms with Crippen LogP contribution < -0.4 is 5.56 Å². The van der Waals surface area contributed by atoms with Gasteiger partial charge in [-0.1, -0.05) is 12.1 Å². The average Bonchev–Trinajstić information content (AvgIpc) is 2.78. The van der Waals surface area contributed by atoms with Crippen molar-refractivity contribution in [2.75, 3.05) is 20.3 Å². The van der Waals surface area contributed by atoms with Gasteiger partial charge in [0.1, 0.15) is 0 Å². The van der Waals surface area contributed by atoms with Gasteiger partial charge in [0.15, 0.2) is 0 Å². The van der Waals surface area contributed by atoms with E-state index >= 15 is 0 Å². The minimum Gasteiger partial charge on any atom is -0.465 e. The fraction of sp³-hybridized carbons (Fsp3) is 0.375. The van der Waals surface area contributed by atoms with E-state index in [4.69, 9.17) is 9.47 Å². The van der Waals surface area contributed by atoms with Crippen molar-refractivity contribution in [1.82, 2.24) is 9.55 Å². The molecule has 0 unspecified atom stereocenters. The first kappa shape index (κ1) is 20.3. The normalized spacial score (nSPS) is 14.8. The minimum atomic E-state index is -0.348. The number of esters is 1. The van der Waals surface area contributed by atoms with Gasteiger partial charge in [-0.3, -0.25) is 9.36 Å². The fourth-order valence-corrected chi connectivity index (χ4v) is 4.12. The van der Waals surface area contributed by atoms with Crippen molar-refractivity contribution in [3.63, 3.8) is 0 Å². The molecule has 0 aliphatic carbocycles. The van der Waals surface area contributed by atoms with Crippen LogP contribution >= 0.6 is 0 Å². The molecule has 0 saturated carbocycles. The minimum absolute atomic E-state index is 0.0114. The van der Waals surface area contributed by atoms with Gasteiger partial charge >= 0.3 is 5.97 Å². The zero-order valence-corrected chi connectivity index (χ0v) is 17.6. The van der Waals surface area contributed by atoms with Crippen molar-refractivity contribution in [2.24, 2.45) is 0 Å². The molecule has 0 radical (unpaired) electrons. The average molecular weight is 406 g/mol. The molecule has 1 aliphatic rings. The molecule has 1 saturated heterocycles. The predicted molar refractivity (Wildman–Crippen MR) is 115 cm³/mol. The lowest BCUT2D eigenvalue weighted by molar-refractivity contribution is 0.0600. The van der Waals surface area contributed by atoms with Crippen LogP contribution in [0.15, 0.2) is 41.5 Å². The lowest BCUT2D eigenvalue weighted by Gasteiger charge is -2.24. The van der Waals surface area contributed by atoms with Gasteiger partial charge in [-0.2, -0.15) is 0 Å². The summed E-state index contributed by atoms with van der Waals surface area (Å²) in [7, 11) is 1.37. The highest BCUT2D eigenvalue weighted by Gasteiger charge is 2.19. The van der Waals surface area contributed by atoms with Crippen molar-refractivity contribution < 1.29 is 14.3 Å². The second-order valence-corrected chi connectivity index (χ2v) is 7.85. The third kappa shape index (κ3) is 3.75. The number of carbonyl (C=O) groups is 1. The van der Waals surface area contributed by atoms with Gasteiger partial charge in [0.25, 0.3) is 5.56 Å². The SMILES string of the molecule is COC(=O)c1ccc(Cc2cc3c(=O)n(C4CCOCC4)cnc3c(C)c2C)cc1. The summed E-state index contributed by atoms with van der Waals surface area (Å²) in [6, 6.07) is 9.51. The number of nitrogens with zero attached hydrogens (tertiary/aromatic N) is 2. The van der Waals surface area contributed by atoms with Crippen LogP contribution in [0.1, 0.15) is 51.5 Å². The van der Waals surface area contributed by atoms with E-state index in [9.17, 15) is 9.59 Å². The molecule has 6 heteroatoms. The maximum atomic E-state index is 13.3. The summed E-state index contributed by atoms with van der Waals surface area (Å²) in [6.07, 6.45) is 4.03. The third-order valence-corrected chi connectivity index (χ3v) is 6.10. The van der Waals surface area contributed by atoms with E-state index in [1.165, 1.54) is 7.11 Å². The van der Waals surface area contributed by atoms with Crippen molar-refractivity contribution in [3.8, 4) is 0 Å². The number of carbonyl (C=O) groups excluding carboxylic acids is 1. The Bertz CT molecular complexity index is 1140. The Hall–Kier alpha value is -2.99. The zero-order chi connectivity index (χ0) is 21.3. The van der Waals surface area contributed by atoms with Crippen molar-refractivity contribution >= 4 is 16.9 Å². The Morgan fingerprint density at radius 1 is 1.17 bits per heavy atom. The highest BCUT2D eigenvalue weighted by Crippen LogP contribution is 2.25. The molecule has 156 valence electrons. The Morgan fingerprint density at radius 3 is 2.53 bits per heavy atom.